The van der Waals surface area contributed by atoms with Crippen LogP contribution in [-0.2, 0) is 24.6 Å². The fourth-order valence-electron chi connectivity index (χ4n) is 1.29. The van der Waals surface area contributed by atoms with Crippen molar-refractivity contribution in [1.29, 1.82) is 0 Å². The average Bonchev–Trinajstić information content (AvgIpc) is 2.21. The van der Waals surface area contributed by atoms with Crippen LogP contribution in [0.2, 0.25) is 0 Å². The standard InChI is InChI=1S/C8H13NO5S/c1-9-7(14-15(10)11)5-4-6-8(9,12-2)13-3/h4-6,15H,1-3H3. The summed E-state index contributed by atoms with van der Waals surface area (Å²) < 4.78 is 35.8. The Hall–Kier alpha value is -1.05. The van der Waals surface area contributed by atoms with Crippen LogP contribution in [0.5, 0.6) is 0 Å². The molecule has 1 aliphatic heterocycles. The second kappa shape index (κ2) is 4.65. The van der Waals surface area contributed by atoms with Gasteiger partial charge in [0.1, 0.15) is 0 Å². The second-order valence-electron chi connectivity index (χ2n) is 2.78. The van der Waals surface area contributed by atoms with Crippen molar-refractivity contribution >= 4 is 11.0 Å². The van der Waals surface area contributed by atoms with Gasteiger partial charge >= 0.3 is 11.0 Å². The van der Waals surface area contributed by atoms with Crippen molar-refractivity contribution in [3.8, 4) is 0 Å². The highest BCUT2D eigenvalue weighted by molar-refractivity contribution is 7.67. The molecule has 1 heterocycles. The number of thiol groups is 1. The zero-order chi connectivity index (χ0) is 11.5. The van der Waals surface area contributed by atoms with Gasteiger partial charge in [0.05, 0.1) is 0 Å². The maximum Gasteiger partial charge on any atom is 0.300 e. The van der Waals surface area contributed by atoms with E-state index in [-0.39, 0.29) is 5.88 Å². The van der Waals surface area contributed by atoms with Crippen LogP contribution in [0.3, 0.4) is 0 Å². The molecule has 0 saturated carbocycles. The molecular formula is C8H13NO5S. The zero-order valence-electron chi connectivity index (χ0n) is 8.67. The SMILES string of the molecule is COC1(OC)C=CC=C(O[SH](=O)=O)N1C. The van der Waals surface area contributed by atoms with Crippen molar-refractivity contribution < 1.29 is 22.1 Å². The zero-order valence-corrected chi connectivity index (χ0v) is 9.56. The highest BCUT2D eigenvalue weighted by atomic mass is 32.2. The molecule has 0 aromatic carbocycles. The Bertz CT molecular complexity index is 348. The summed E-state index contributed by atoms with van der Waals surface area (Å²) in [6.45, 7) is 0. The van der Waals surface area contributed by atoms with E-state index in [2.05, 4.69) is 4.18 Å². The molecule has 1 rings (SSSR count). The smallest absolute Gasteiger partial charge is 0.300 e. The molecule has 15 heavy (non-hydrogen) atoms. The summed E-state index contributed by atoms with van der Waals surface area (Å²) in [7, 11) is 1.54. The molecule has 0 aromatic rings. The monoisotopic (exact) mass is 235 g/mol. The van der Waals surface area contributed by atoms with E-state index >= 15 is 0 Å². The predicted molar refractivity (Wildman–Crippen MR) is 53.1 cm³/mol. The van der Waals surface area contributed by atoms with Crippen LogP contribution in [0.4, 0.5) is 0 Å². The van der Waals surface area contributed by atoms with Gasteiger partial charge in [-0.2, -0.15) is 8.42 Å². The van der Waals surface area contributed by atoms with Gasteiger partial charge in [-0.05, 0) is 12.2 Å². The van der Waals surface area contributed by atoms with E-state index in [0.29, 0.717) is 0 Å². The molecule has 0 radical (unpaired) electrons. The van der Waals surface area contributed by atoms with Gasteiger partial charge in [-0.1, -0.05) is 6.08 Å². The number of hydrogen-bond acceptors (Lipinski definition) is 6. The summed E-state index contributed by atoms with van der Waals surface area (Å²) in [4.78, 5) is 1.43. The first-order valence-corrected chi connectivity index (χ1v) is 5.21. The molecule has 0 unspecified atom stereocenters. The van der Waals surface area contributed by atoms with E-state index in [9.17, 15) is 8.42 Å². The first-order chi connectivity index (χ1) is 7.05. The molecule has 0 N–H and O–H groups in total. The minimum atomic E-state index is -2.96. The molecule has 0 fully saturated rings. The van der Waals surface area contributed by atoms with Crippen molar-refractivity contribution in [1.82, 2.24) is 4.90 Å². The van der Waals surface area contributed by atoms with Crippen LogP contribution in [-0.4, -0.2) is 40.5 Å². The van der Waals surface area contributed by atoms with Crippen LogP contribution in [0.25, 0.3) is 0 Å². The van der Waals surface area contributed by atoms with Gasteiger partial charge in [0.15, 0.2) is 0 Å². The lowest BCUT2D eigenvalue weighted by atomic mass is 10.3. The Balaban J connectivity index is 2.95. The lowest BCUT2D eigenvalue weighted by Crippen LogP contribution is -2.49. The molecule has 0 amide bonds. The third-order valence-corrected chi connectivity index (χ3v) is 2.43. The number of allylic oxidation sites excluding steroid dienone is 2. The van der Waals surface area contributed by atoms with Crippen molar-refractivity contribution in [2.24, 2.45) is 0 Å². The number of rotatable bonds is 4. The van der Waals surface area contributed by atoms with Gasteiger partial charge in [0.2, 0.25) is 5.88 Å². The van der Waals surface area contributed by atoms with E-state index < -0.39 is 16.9 Å². The summed E-state index contributed by atoms with van der Waals surface area (Å²) in [5.41, 5.74) is 0. The fraction of sp³-hybridized carbons (Fsp3) is 0.500. The average molecular weight is 235 g/mol. The first kappa shape index (κ1) is 12.0. The molecule has 0 atom stereocenters. The van der Waals surface area contributed by atoms with Crippen molar-refractivity contribution in [3.63, 3.8) is 0 Å². The summed E-state index contributed by atoms with van der Waals surface area (Å²) in [5, 5.41) is 0. The summed E-state index contributed by atoms with van der Waals surface area (Å²) in [5.74, 6) is -0.993. The molecule has 0 spiro atoms. The maximum atomic E-state index is 10.4. The molecule has 0 saturated heterocycles. The van der Waals surface area contributed by atoms with Gasteiger partial charge in [0.25, 0.3) is 5.91 Å². The summed E-state index contributed by atoms with van der Waals surface area (Å²) in [6, 6.07) is 0. The van der Waals surface area contributed by atoms with Crippen LogP contribution >= 0.6 is 0 Å². The highest BCUT2D eigenvalue weighted by Gasteiger charge is 2.36. The highest BCUT2D eigenvalue weighted by Crippen LogP contribution is 2.26. The minimum Gasteiger partial charge on any atom is -0.366 e. The maximum absolute atomic E-state index is 10.4. The Morgan fingerprint density at radius 1 is 1.33 bits per heavy atom. The van der Waals surface area contributed by atoms with E-state index in [4.69, 9.17) is 9.47 Å². The molecule has 0 aromatic heterocycles. The lowest BCUT2D eigenvalue weighted by molar-refractivity contribution is -0.252. The first-order valence-electron chi connectivity index (χ1n) is 4.12. The number of hydrogen-bond donors (Lipinski definition) is 1. The Kier molecular flexibility index (Phi) is 3.72. The van der Waals surface area contributed by atoms with Gasteiger partial charge in [0, 0.05) is 21.3 Å². The quantitative estimate of drug-likeness (QED) is 0.538. The number of ether oxygens (including phenoxy) is 2. The normalized spacial score (nSPS) is 19.2. The summed E-state index contributed by atoms with van der Waals surface area (Å²) in [6.07, 6.45) is 4.74. The number of methoxy groups -OCH3 is 2. The van der Waals surface area contributed by atoms with Crippen molar-refractivity contribution in [2.45, 2.75) is 5.91 Å². The van der Waals surface area contributed by atoms with Crippen molar-refractivity contribution in [2.75, 3.05) is 21.3 Å². The fourth-order valence-corrected chi connectivity index (χ4v) is 1.63. The molecule has 6 nitrogen and oxygen atoms in total. The van der Waals surface area contributed by atoms with Gasteiger partial charge < -0.3 is 13.7 Å². The minimum absolute atomic E-state index is 0.136. The van der Waals surface area contributed by atoms with Gasteiger partial charge in [-0.25, -0.2) is 0 Å². The van der Waals surface area contributed by atoms with Crippen LogP contribution in [0.15, 0.2) is 24.1 Å². The predicted octanol–water partition coefficient (Wildman–Crippen LogP) is -0.181. The van der Waals surface area contributed by atoms with E-state index in [1.54, 1.807) is 19.2 Å². The van der Waals surface area contributed by atoms with Crippen LogP contribution < -0.4 is 0 Å². The Labute approximate surface area is 89.9 Å². The number of nitrogens with zero attached hydrogens (tertiary/aromatic N) is 1. The lowest BCUT2D eigenvalue weighted by Gasteiger charge is -2.39. The summed E-state index contributed by atoms with van der Waals surface area (Å²) >= 11 is 0. The number of likely N-dealkylation sites (N-methyl/N-ethyl adjacent to an activating group) is 1. The third-order valence-electron chi connectivity index (χ3n) is 2.10. The van der Waals surface area contributed by atoms with Gasteiger partial charge in [-0.15, -0.1) is 0 Å². The van der Waals surface area contributed by atoms with Crippen LogP contribution in [0.1, 0.15) is 0 Å². The van der Waals surface area contributed by atoms with Crippen molar-refractivity contribution in [3.05, 3.63) is 24.1 Å². The van der Waals surface area contributed by atoms with E-state index in [1.807, 2.05) is 0 Å². The molecule has 1 aliphatic rings. The van der Waals surface area contributed by atoms with E-state index in [1.165, 1.54) is 25.2 Å². The second-order valence-corrected chi connectivity index (χ2v) is 3.41. The molecular weight excluding hydrogens is 222 g/mol. The Morgan fingerprint density at radius 2 is 1.93 bits per heavy atom. The van der Waals surface area contributed by atoms with Gasteiger partial charge in [-0.3, -0.25) is 4.90 Å². The Morgan fingerprint density at radius 3 is 2.40 bits per heavy atom. The molecule has 7 heteroatoms. The molecule has 86 valence electrons. The molecule has 0 aliphatic carbocycles. The van der Waals surface area contributed by atoms with E-state index in [0.717, 1.165) is 0 Å². The third kappa shape index (κ3) is 2.31. The van der Waals surface area contributed by atoms with Crippen LogP contribution in [0, 0.1) is 0 Å². The molecule has 0 bridgehead atoms. The topological polar surface area (TPSA) is 65.1 Å². The largest absolute Gasteiger partial charge is 0.366 e.